The molecule has 0 saturated carbocycles. The highest BCUT2D eigenvalue weighted by atomic mass is 16.4. The largest absolute Gasteiger partial charge is 0.481 e. The highest BCUT2D eigenvalue weighted by molar-refractivity contribution is 5.74. The van der Waals surface area contributed by atoms with Gasteiger partial charge in [0.2, 0.25) is 0 Å². The molecule has 3 heterocycles. The lowest BCUT2D eigenvalue weighted by Crippen LogP contribution is -2.52. The van der Waals surface area contributed by atoms with Gasteiger partial charge in [0.15, 0.2) is 0 Å². The van der Waals surface area contributed by atoms with Gasteiger partial charge in [0, 0.05) is 18.6 Å². The van der Waals surface area contributed by atoms with Crippen LogP contribution in [-0.2, 0) is 4.79 Å². The summed E-state index contributed by atoms with van der Waals surface area (Å²) in [7, 11) is 0. The second kappa shape index (κ2) is 5.06. The minimum absolute atomic E-state index is 0.485. The molecule has 3 aliphatic heterocycles. The monoisotopic (exact) mass is 266 g/mol. The van der Waals surface area contributed by atoms with Crippen molar-refractivity contribution in [2.24, 2.45) is 5.41 Å². The summed E-state index contributed by atoms with van der Waals surface area (Å²) in [4.78, 5) is 16.6. The molecule has 0 radical (unpaired) electrons. The van der Waals surface area contributed by atoms with Crippen molar-refractivity contribution in [2.45, 2.75) is 57.5 Å². The van der Waals surface area contributed by atoms with Crippen LogP contribution in [0.3, 0.4) is 0 Å². The van der Waals surface area contributed by atoms with E-state index in [1.807, 2.05) is 6.92 Å². The Morgan fingerprint density at radius 3 is 2.32 bits per heavy atom. The zero-order valence-electron chi connectivity index (χ0n) is 12.0. The fourth-order valence-corrected chi connectivity index (χ4v) is 4.21. The van der Waals surface area contributed by atoms with Crippen LogP contribution in [0.15, 0.2) is 0 Å². The van der Waals surface area contributed by atoms with E-state index in [4.69, 9.17) is 0 Å². The topological polar surface area (TPSA) is 43.8 Å². The zero-order valence-corrected chi connectivity index (χ0v) is 12.0. The van der Waals surface area contributed by atoms with Gasteiger partial charge < -0.3 is 5.11 Å². The van der Waals surface area contributed by atoms with E-state index >= 15 is 0 Å². The van der Waals surface area contributed by atoms with Gasteiger partial charge in [-0.1, -0.05) is 6.42 Å². The Kier molecular flexibility index (Phi) is 3.56. The Labute approximate surface area is 115 Å². The van der Waals surface area contributed by atoms with Crippen molar-refractivity contribution in [1.82, 2.24) is 9.80 Å². The van der Waals surface area contributed by atoms with Crippen LogP contribution < -0.4 is 0 Å². The van der Waals surface area contributed by atoms with Crippen LogP contribution in [0.25, 0.3) is 0 Å². The van der Waals surface area contributed by atoms with Crippen molar-refractivity contribution >= 4 is 5.97 Å². The first-order valence-electron chi connectivity index (χ1n) is 7.82. The Morgan fingerprint density at radius 2 is 1.63 bits per heavy atom. The number of rotatable bonds is 2. The second-order valence-electron chi connectivity index (χ2n) is 6.86. The summed E-state index contributed by atoms with van der Waals surface area (Å²) in [6.45, 7) is 6.38. The van der Waals surface area contributed by atoms with E-state index in [0.717, 1.165) is 32.0 Å². The summed E-state index contributed by atoms with van der Waals surface area (Å²) in [5, 5.41) is 9.31. The molecule has 108 valence electrons. The number of fused-ring (bicyclic) bond motifs is 1. The van der Waals surface area contributed by atoms with Gasteiger partial charge in [-0.05, 0) is 58.7 Å². The van der Waals surface area contributed by atoms with Gasteiger partial charge in [0.25, 0.3) is 0 Å². The smallest absolute Gasteiger partial charge is 0.309 e. The van der Waals surface area contributed by atoms with Crippen LogP contribution in [-0.4, -0.2) is 59.1 Å². The first-order valence-corrected chi connectivity index (χ1v) is 7.82. The van der Waals surface area contributed by atoms with Crippen molar-refractivity contribution < 1.29 is 9.90 Å². The summed E-state index contributed by atoms with van der Waals surface area (Å²) < 4.78 is 0. The van der Waals surface area contributed by atoms with Crippen molar-refractivity contribution in [3.05, 3.63) is 0 Å². The third-order valence-electron chi connectivity index (χ3n) is 5.71. The third-order valence-corrected chi connectivity index (χ3v) is 5.71. The molecule has 2 unspecified atom stereocenters. The molecule has 0 spiro atoms. The fourth-order valence-electron chi connectivity index (χ4n) is 4.21. The van der Waals surface area contributed by atoms with E-state index in [1.165, 1.54) is 38.8 Å². The first-order chi connectivity index (χ1) is 9.10. The van der Waals surface area contributed by atoms with Gasteiger partial charge in [-0.2, -0.15) is 0 Å². The number of nitrogens with zero attached hydrogens (tertiary/aromatic N) is 2. The fraction of sp³-hybridized carbons (Fsp3) is 0.933. The van der Waals surface area contributed by atoms with Crippen LogP contribution in [0.4, 0.5) is 0 Å². The Hall–Kier alpha value is -0.610. The molecule has 3 rings (SSSR count). The number of piperidine rings is 2. The highest BCUT2D eigenvalue weighted by Gasteiger charge is 2.43. The summed E-state index contributed by atoms with van der Waals surface area (Å²) in [6.07, 6.45) is 6.99. The van der Waals surface area contributed by atoms with Gasteiger partial charge in [-0.3, -0.25) is 14.6 Å². The zero-order chi connectivity index (χ0) is 13.5. The van der Waals surface area contributed by atoms with Crippen molar-refractivity contribution in [2.75, 3.05) is 26.2 Å². The van der Waals surface area contributed by atoms with Crippen molar-refractivity contribution in [3.8, 4) is 0 Å². The second-order valence-corrected chi connectivity index (χ2v) is 6.86. The molecule has 1 N–H and O–H groups in total. The highest BCUT2D eigenvalue weighted by Crippen LogP contribution is 2.36. The first kappa shape index (κ1) is 13.4. The molecule has 3 fully saturated rings. The number of likely N-dealkylation sites (tertiary alicyclic amines) is 1. The van der Waals surface area contributed by atoms with E-state index in [1.54, 1.807) is 0 Å². The van der Waals surface area contributed by atoms with Gasteiger partial charge in [0.1, 0.15) is 0 Å². The molecule has 0 aliphatic carbocycles. The number of hydrogen-bond donors (Lipinski definition) is 1. The average Bonchev–Trinajstić information content (AvgIpc) is 2.83. The molecule has 3 aliphatic rings. The molecule has 0 aromatic carbocycles. The lowest BCUT2D eigenvalue weighted by molar-refractivity contribution is -0.151. The van der Waals surface area contributed by atoms with Gasteiger partial charge in [0.05, 0.1) is 5.41 Å². The molecular weight excluding hydrogens is 240 g/mol. The van der Waals surface area contributed by atoms with Crippen molar-refractivity contribution in [3.63, 3.8) is 0 Å². The van der Waals surface area contributed by atoms with Gasteiger partial charge in [-0.25, -0.2) is 0 Å². The van der Waals surface area contributed by atoms with E-state index in [0.29, 0.717) is 6.04 Å². The predicted octanol–water partition coefficient (Wildman–Crippen LogP) is 1.80. The van der Waals surface area contributed by atoms with E-state index in [2.05, 4.69) is 9.80 Å². The number of carbonyl (C=O) groups is 1. The minimum Gasteiger partial charge on any atom is -0.481 e. The maximum Gasteiger partial charge on any atom is 0.309 e. The van der Waals surface area contributed by atoms with Crippen LogP contribution in [0.2, 0.25) is 0 Å². The average molecular weight is 266 g/mol. The van der Waals surface area contributed by atoms with Crippen LogP contribution in [0.1, 0.15) is 45.4 Å². The Balaban J connectivity index is 1.61. The number of carboxylic acid groups (broad SMARTS) is 1. The van der Waals surface area contributed by atoms with Crippen molar-refractivity contribution in [1.29, 1.82) is 0 Å². The number of carboxylic acids is 1. The maximum atomic E-state index is 11.3. The number of hydrogen-bond acceptors (Lipinski definition) is 3. The summed E-state index contributed by atoms with van der Waals surface area (Å²) in [6, 6.07) is 1.45. The number of aliphatic carboxylic acids is 1. The van der Waals surface area contributed by atoms with Crippen LogP contribution >= 0.6 is 0 Å². The molecule has 4 heteroatoms. The lowest BCUT2D eigenvalue weighted by atomic mass is 9.79. The summed E-state index contributed by atoms with van der Waals surface area (Å²) >= 11 is 0. The van der Waals surface area contributed by atoms with Crippen LogP contribution in [0.5, 0.6) is 0 Å². The minimum atomic E-state index is -0.613. The third kappa shape index (κ3) is 2.40. The molecule has 3 saturated heterocycles. The molecule has 0 aromatic heterocycles. The van der Waals surface area contributed by atoms with Gasteiger partial charge >= 0.3 is 5.97 Å². The molecule has 0 amide bonds. The normalized spacial score (nSPS) is 36.1. The molecular formula is C15H26N2O2. The van der Waals surface area contributed by atoms with Gasteiger partial charge in [-0.15, -0.1) is 0 Å². The summed E-state index contributed by atoms with van der Waals surface area (Å²) in [5.74, 6) is -0.613. The maximum absolute atomic E-state index is 11.3. The SMILES string of the molecule is CC1(C(=O)O)CCN(C2CCN3CCCCC23)CC1. The van der Waals surface area contributed by atoms with E-state index < -0.39 is 11.4 Å². The molecule has 19 heavy (non-hydrogen) atoms. The standard InChI is InChI=1S/C15H26N2O2/c1-15(14(18)19)6-10-17(11-7-15)13-5-9-16-8-3-2-4-12(13)16/h12-13H,2-11H2,1H3,(H,18,19). The van der Waals surface area contributed by atoms with E-state index in [-0.39, 0.29) is 0 Å². The molecule has 4 nitrogen and oxygen atoms in total. The Bertz CT molecular complexity index is 350. The quantitative estimate of drug-likeness (QED) is 0.828. The molecule has 0 aromatic rings. The lowest BCUT2D eigenvalue weighted by Gasteiger charge is -2.43. The molecule has 2 atom stereocenters. The van der Waals surface area contributed by atoms with Crippen LogP contribution in [0, 0.1) is 5.41 Å². The van der Waals surface area contributed by atoms with E-state index in [9.17, 15) is 9.90 Å². The summed E-state index contributed by atoms with van der Waals surface area (Å²) in [5.41, 5.74) is -0.485. The predicted molar refractivity (Wildman–Crippen MR) is 74.2 cm³/mol. The Morgan fingerprint density at radius 1 is 1.00 bits per heavy atom. The molecule has 0 bridgehead atoms.